The molecule has 0 aliphatic carbocycles. The minimum atomic E-state index is -0.567. The third kappa shape index (κ3) is 2.96. The highest BCUT2D eigenvalue weighted by Crippen LogP contribution is 2.38. The van der Waals surface area contributed by atoms with Crippen LogP contribution in [0.25, 0.3) is 0 Å². The van der Waals surface area contributed by atoms with E-state index in [0.29, 0.717) is 15.6 Å². The van der Waals surface area contributed by atoms with Gasteiger partial charge in [-0.25, -0.2) is 0 Å². The second-order valence-electron chi connectivity index (χ2n) is 5.16. The molecule has 4 nitrogen and oxygen atoms in total. The van der Waals surface area contributed by atoms with Gasteiger partial charge in [-0.2, -0.15) is 9.83 Å². The number of amides is 1. The van der Waals surface area contributed by atoms with Crippen LogP contribution in [0.15, 0.2) is 65.5 Å². The van der Waals surface area contributed by atoms with Crippen molar-refractivity contribution in [2.24, 2.45) is 0 Å². The lowest BCUT2D eigenvalue weighted by molar-refractivity contribution is -0.711. The molecule has 1 N–H and O–H groups in total. The minimum Gasteiger partial charge on any atom is -0.314 e. The SMILES string of the molecule is N#CC1=C(S)NC(=O)[C@@H]([n+]2ccccc2)[C@@H]1c1ccc(Cl)cc1. The Morgan fingerprint density at radius 1 is 1.17 bits per heavy atom. The number of carbonyl (C=O) groups is 1. The third-order valence-electron chi connectivity index (χ3n) is 3.80. The summed E-state index contributed by atoms with van der Waals surface area (Å²) < 4.78 is 1.80. The zero-order chi connectivity index (χ0) is 16.4. The summed E-state index contributed by atoms with van der Waals surface area (Å²) in [7, 11) is 0. The largest absolute Gasteiger partial charge is 0.314 e. The maximum absolute atomic E-state index is 12.6. The molecule has 114 valence electrons. The van der Waals surface area contributed by atoms with Gasteiger partial charge in [0, 0.05) is 17.2 Å². The van der Waals surface area contributed by atoms with Gasteiger partial charge in [-0.05, 0) is 17.7 Å². The molecule has 0 spiro atoms. The molecule has 2 aromatic rings. The fourth-order valence-corrected chi connectivity index (χ4v) is 3.19. The smallest absolute Gasteiger partial charge is 0.294 e. The van der Waals surface area contributed by atoms with E-state index < -0.39 is 12.0 Å². The van der Waals surface area contributed by atoms with Gasteiger partial charge in [0.05, 0.1) is 22.6 Å². The summed E-state index contributed by atoms with van der Waals surface area (Å²) in [6.07, 6.45) is 3.62. The number of aromatic nitrogens is 1. The van der Waals surface area contributed by atoms with Gasteiger partial charge in [-0.15, -0.1) is 12.6 Å². The van der Waals surface area contributed by atoms with E-state index in [9.17, 15) is 10.1 Å². The number of pyridine rings is 1. The Morgan fingerprint density at radius 3 is 2.43 bits per heavy atom. The number of hydrogen-bond acceptors (Lipinski definition) is 3. The summed E-state index contributed by atoms with van der Waals surface area (Å²) in [6, 6.07) is 14.4. The molecule has 23 heavy (non-hydrogen) atoms. The minimum absolute atomic E-state index is 0.204. The Balaban J connectivity index is 2.18. The van der Waals surface area contributed by atoms with Crippen molar-refractivity contribution in [3.8, 4) is 6.07 Å². The summed E-state index contributed by atoms with van der Waals surface area (Å²) in [5.74, 6) is -0.629. The van der Waals surface area contributed by atoms with E-state index in [2.05, 4.69) is 24.0 Å². The highest BCUT2D eigenvalue weighted by atomic mass is 35.5. The lowest BCUT2D eigenvalue weighted by Crippen LogP contribution is -2.53. The highest BCUT2D eigenvalue weighted by Gasteiger charge is 2.44. The van der Waals surface area contributed by atoms with Gasteiger partial charge in [0.15, 0.2) is 12.4 Å². The molecule has 0 fully saturated rings. The molecule has 1 aromatic heterocycles. The molecular weight excluding hydrogens is 330 g/mol. The van der Waals surface area contributed by atoms with Gasteiger partial charge in [0.1, 0.15) is 0 Å². The normalized spacial score (nSPS) is 20.8. The first kappa shape index (κ1) is 15.6. The van der Waals surface area contributed by atoms with Crippen LogP contribution in [0.3, 0.4) is 0 Å². The predicted molar refractivity (Wildman–Crippen MR) is 89.6 cm³/mol. The number of nitriles is 1. The van der Waals surface area contributed by atoms with Crippen molar-refractivity contribution in [2.45, 2.75) is 12.0 Å². The van der Waals surface area contributed by atoms with Gasteiger partial charge < -0.3 is 5.32 Å². The van der Waals surface area contributed by atoms with E-state index in [-0.39, 0.29) is 5.91 Å². The molecule has 1 aliphatic rings. The summed E-state index contributed by atoms with van der Waals surface area (Å²) in [6.45, 7) is 0. The van der Waals surface area contributed by atoms with Crippen molar-refractivity contribution in [3.05, 3.63) is 76.0 Å². The molecule has 3 rings (SSSR count). The Kier molecular flexibility index (Phi) is 4.37. The Hall–Kier alpha value is -2.29. The molecule has 6 heteroatoms. The second kappa shape index (κ2) is 6.45. The van der Waals surface area contributed by atoms with E-state index in [1.54, 1.807) is 16.7 Å². The molecule has 0 radical (unpaired) electrons. The molecule has 1 amide bonds. The predicted octanol–water partition coefficient (Wildman–Crippen LogP) is 2.75. The van der Waals surface area contributed by atoms with Crippen molar-refractivity contribution in [1.29, 1.82) is 5.26 Å². The van der Waals surface area contributed by atoms with Gasteiger partial charge in [-0.3, -0.25) is 4.79 Å². The van der Waals surface area contributed by atoms with Crippen LogP contribution >= 0.6 is 24.2 Å². The molecule has 1 aromatic carbocycles. The fraction of sp³-hybridized carbons (Fsp3) is 0.118. The number of nitrogens with one attached hydrogen (secondary N) is 1. The van der Waals surface area contributed by atoms with E-state index >= 15 is 0 Å². The van der Waals surface area contributed by atoms with Gasteiger partial charge in [0.25, 0.3) is 5.91 Å². The van der Waals surface area contributed by atoms with Gasteiger partial charge >= 0.3 is 0 Å². The Bertz CT molecular complexity index is 812. The first-order chi connectivity index (χ1) is 11.1. The number of allylic oxidation sites excluding steroid dienone is 1. The van der Waals surface area contributed by atoms with Crippen LogP contribution in [-0.2, 0) is 4.79 Å². The number of nitrogens with zero attached hydrogens (tertiary/aromatic N) is 2. The maximum atomic E-state index is 12.6. The maximum Gasteiger partial charge on any atom is 0.294 e. The molecule has 2 heterocycles. The van der Waals surface area contributed by atoms with Crippen molar-refractivity contribution in [2.75, 3.05) is 0 Å². The molecule has 2 atom stereocenters. The molecule has 0 saturated heterocycles. The summed E-state index contributed by atoms with van der Waals surface area (Å²) in [5, 5.41) is 13.1. The van der Waals surface area contributed by atoms with Crippen LogP contribution in [-0.4, -0.2) is 5.91 Å². The van der Waals surface area contributed by atoms with E-state index in [1.165, 1.54) is 0 Å². The summed E-state index contributed by atoms with van der Waals surface area (Å²) in [4.78, 5) is 12.6. The summed E-state index contributed by atoms with van der Waals surface area (Å²) >= 11 is 10.2. The number of halogens is 1. The van der Waals surface area contributed by atoms with Crippen LogP contribution in [0.4, 0.5) is 0 Å². The van der Waals surface area contributed by atoms with E-state index in [1.807, 2.05) is 42.7 Å². The Morgan fingerprint density at radius 2 is 1.83 bits per heavy atom. The lowest BCUT2D eigenvalue weighted by Gasteiger charge is -2.27. The van der Waals surface area contributed by atoms with Crippen LogP contribution in [0.5, 0.6) is 0 Å². The number of thiol groups is 1. The van der Waals surface area contributed by atoms with Crippen LogP contribution in [0.1, 0.15) is 17.5 Å². The standard InChI is InChI=1S/C17H12ClN3OS/c18-12-6-4-11(5-7-12)14-13(10-19)17(23)20-16(22)15(14)21-8-2-1-3-9-21/h1-9,14-15H,(H-,20,22,23)/p+1/t14-,15+/m1/s1. The number of benzene rings is 1. The first-order valence-electron chi connectivity index (χ1n) is 6.97. The quantitative estimate of drug-likeness (QED) is 0.651. The number of hydrogen-bond donors (Lipinski definition) is 2. The third-order valence-corrected chi connectivity index (χ3v) is 4.41. The second-order valence-corrected chi connectivity index (χ2v) is 6.04. The van der Waals surface area contributed by atoms with Crippen molar-refractivity contribution in [1.82, 2.24) is 5.32 Å². The molecule has 0 saturated carbocycles. The van der Waals surface area contributed by atoms with Crippen LogP contribution < -0.4 is 9.88 Å². The Labute approximate surface area is 144 Å². The van der Waals surface area contributed by atoms with Crippen molar-refractivity contribution in [3.63, 3.8) is 0 Å². The molecular formula is C17H13ClN3OS+. The number of rotatable bonds is 2. The van der Waals surface area contributed by atoms with Crippen molar-refractivity contribution >= 4 is 30.1 Å². The van der Waals surface area contributed by atoms with E-state index in [4.69, 9.17) is 11.6 Å². The van der Waals surface area contributed by atoms with Crippen LogP contribution in [0, 0.1) is 11.3 Å². The lowest BCUT2D eigenvalue weighted by atomic mass is 9.83. The van der Waals surface area contributed by atoms with Crippen LogP contribution in [0.2, 0.25) is 5.02 Å². The average molecular weight is 343 g/mol. The topological polar surface area (TPSA) is 56.8 Å². The molecule has 0 bridgehead atoms. The summed E-state index contributed by atoms with van der Waals surface area (Å²) in [5.41, 5.74) is 1.27. The van der Waals surface area contributed by atoms with Crippen molar-refractivity contribution < 1.29 is 9.36 Å². The molecule has 1 aliphatic heterocycles. The number of carbonyl (C=O) groups excluding carboxylic acids is 1. The van der Waals surface area contributed by atoms with Gasteiger partial charge in [0.2, 0.25) is 6.04 Å². The fourth-order valence-electron chi connectivity index (χ4n) is 2.76. The van der Waals surface area contributed by atoms with E-state index in [0.717, 1.165) is 5.56 Å². The van der Waals surface area contributed by atoms with Gasteiger partial charge in [-0.1, -0.05) is 29.8 Å². The molecule has 0 unspecified atom stereocenters. The monoisotopic (exact) mass is 342 g/mol. The highest BCUT2D eigenvalue weighted by molar-refractivity contribution is 7.84. The first-order valence-corrected chi connectivity index (χ1v) is 7.79. The zero-order valence-corrected chi connectivity index (χ0v) is 13.6. The zero-order valence-electron chi connectivity index (χ0n) is 12.0. The average Bonchev–Trinajstić information content (AvgIpc) is 2.56.